The lowest BCUT2D eigenvalue weighted by molar-refractivity contribution is -0.148. The third-order valence-electron chi connectivity index (χ3n) is 5.68. The molecule has 2 aliphatic rings. The predicted octanol–water partition coefficient (Wildman–Crippen LogP) is 2.91. The summed E-state index contributed by atoms with van der Waals surface area (Å²) in [5.41, 5.74) is 3.45. The number of fused-ring (bicyclic) bond motifs is 1. The number of ether oxygens (including phenoxy) is 1. The predicted molar refractivity (Wildman–Crippen MR) is 109 cm³/mol. The van der Waals surface area contributed by atoms with E-state index in [9.17, 15) is 4.79 Å². The van der Waals surface area contributed by atoms with Crippen molar-refractivity contribution < 1.29 is 9.53 Å². The van der Waals surface area contributed by atoms with E-state index in [2.05, 4.69) is 29.0 Å². The molecular formula is C22H28N4O2. The normalized spacial score (nSPS) is 18.0. The van der Waals surface area contributed by atoms with Gasteiger partial charge in [-0.2, -0.15) is 0 Å². The first-order chi connectivity index (χ1) is 13.7. The van der Waals surface area contributed by atoms with E-state index in [1.54, 1.807) is 0 Å². The molecular weight excluding hydrogens is 352 g/mol. The van der Waals surface area contributed by atoms with E-state index in [1.165, 1.54) is 5.56 Å². The van der Waals surface area contributed by atoms with Crippen LogP contribution in [0.2, 0.25) is 0 Å². The van der Waals surface area contributed by atoms with Gasteiger partial charge in [0.25, 0.3) is 0 Å². The number of anilines is 1. The average molecular weight is 380 g/mol. The highest BCUT2D eigenvalue weighted by molar-refractivity contribution is 5.73. The molecule has 0 unspecified atom stereocenters. The van der Waals surface area contributed by atoms with Crippen LogP contribution in [0.1, 0.15) is 31.0 Å². The fourth-order valence-electron chi connectivity index (χ4n) is 4.10. The van der Waals surface area contributed by atoms with Gasteiger partial charge in [-0.25, -0.2) is 9.97 Å². The second kappa shape index (κ2) is 8.27. The molecule has 1 fully saturated rings. The van der Waals surface area contributed by atoms with E-state index >= 15 is 0 Å². The molecule has 0 N–H and O–H groups in total. The molecule has 6 heteroatoms. The maximum Gasteiger partial charge on any atom is 0.309 e. The van der Waals surface area contributed by atoms with Crippen molar-refractivity contribution in [1.29, 1.82) is 0 Å². The van der Waals surface area contributed by atoms with Crippen molar-refractivity contribution in [1.82, 2.24) is 14.9 Å². The van der Waals surface area contributed by atoms with E-state index in [-0.39, 0.29) is 11.9 Å². The molecule has 28 heavy (non-hydrogen) atoms. The number of benzene rings is 1. The summed E-state index contributed by atoms with van der Waals surface area (Å²) in [6, 6.07) is 10.2. The fourth-order valence-corrected chi connectivity index (χ4v) is 4.10. The molecule has 0 amide bonds. The summed E-state index contributed by atoms with van der Waals surface area (Å²) < 4.78 is 5.21. The number of nitrogens with zero attached hydrogens (tertiary/aromatic N) is 4. The average Bonchev–Trinajstić information content (AvgIpc) is 2.74. The summed E-state index contributed by atoms with van der Waals surface area (Å²) in [6.07, 6.45) is 2.57. The lowest BCUT2D eigenvalue weighted by Gasteiger charge is -2.35. The number of carbonyl (C=O) groups is 1. The molecule has 2 aromatic rings. The largest absolute Gasteiger partial charge is 0.466 e. The Labute approximate surface area is 166 Å². The molecule has 6 nitrogen and oxygen atoms in total. The number of likely N-dealkylation sites (N-methyl/N-ethyl adjacent to an activating group) is 1. The highest BCUT2D eigenvalue weighted by Gasteiger charge is 2.30. The van der Waals surface area contributed by atoms with Crippen molar-refractivity contribution in [2.45, 2.75) is 32.7 Å². The molecule has 0 saturated carbocycles. The van der Waals surface area contributed by atoms with Gasteiger partial charge in [-0.05, 0) is 26.8 Å². The summed E-state index contributed by atoms with van der Waals surface area (Å²) >= 11 is 0. The Morgan fingerprint density at radius 2 is 1.89 bits per heavy atom. The molecule has 1 saturated heterocycles. The Morgan fingerprint density at radius 1 is 1.14 bits per heavy atom. The van der Waals surface area contributed by atoms with Crippen molar-refractivity contribution in [3.05, 3.63) is 41.6 Å². The molecule has 0 bridgehead atoms. The van der Waals surface area contributed by atoms with Crippen molar-refractivity contribution >= 4 is 11.8 Å². The number of hydrogen-bond acceptors (Lipinski definition) is 6. The molecule has 0 atom stereocenters. The number of aromatic nitrogens is 2. The van der Waals surface area contributed by atoms with E-state index < -0.39 is 0 Å². The van der Waals surface area contributed by atoms with Crippen LogP contribution in [0.3, 0.4) is 0 Å². The Kier molecular flexibility index (Phi) is 5.57. The zero-order chi connectivity index (χ0) is 19.5. The Hall–Kier alpha value is -2.47. The summed E-state index contributed by atoms with van der Waals surface area (Å²) in [7, 11) is 2.14. The third-order valence-corrected chi connectivity index (χ3v) is 5.68. The van der Waals surface area contributed by atoms with E-state index in [4.69, 9.17) is 14.7 Å². The molecule has 2 aliphatic heterocycles. The minimum absolute atomic E-state index is 0.00475. The van der Waals surface area contributed by atoms with Crippen LogP contribution in [0.25, 0.3) is 11.4 Å². The number of carbonyl (C=O) groups excluding carboxylic acids is 1. The van der Waals surface area contributed by atoms with E-state index in [0.717, 1.165) is 68.3 Å². The topological polar surface area (TPSA) is 58.6 Å². The van der Waals surface area contributed by atoms with Gasteiger partial charge in [0, 0.05) is 43.7 Å². The summed E-state index contributed by atoms with van der Waals surface area (Å²) in [4.78, 5) is 26.6. The molecule has 3 heterocycles. The first-order valence-electron chi connectivity index (χ1n) is 10.2. The highest BCUT2D eigenvalue weighted by Crippen LogP contribution is 2.32. The Morgan fingerprint density at radius 3 is 2.61 bits per heavy atom. The van der Waals surface area contributed by atoms with E-state index in [1.807, 2.05) is 25.1 Å². The summed E-state index contributed by atoms with van der Waals surface area (Å²) in [5.74, 6) is 1.78. The smallest absolute Gasteiger partial charge is 0.309 e. The molecule has 148 valence electrons. The van der Waals surface area contributed by atoms with Gasteiger partial charge in [0.05, 0.1) is 18.2 Å². The second-order valence-corrected chi connectivity index (χ2v) is 7.66. The number of esters is 1. The van der Waals surface area contributed by atoms with Gasteiger partial charge in [-0.3, -0.25) is 4.79 Å². The summed E-state index contributed by atoms with van der Waals surface area (Å²) in [6.45, 7) is 5.85. The van der Waals surface area contributed by atoms with Crippen LogP contribution >= 0.6 is 0 Å². The standard InChI is InChI=1S/C22H28N4O2/c1-3-28-22(27)17-9-13-26(14-10-17)21-18-15-25(2)12-11-19(18)23-20(24-21)16-7-5-4-6-8-16/h4-8,17H,3,9-15H2,1-2H3. The van der Waals surface area contributed by atoms with Crippen molar-refractivity contribution in [2.75, 3.05) is 38.2 Å². The number of rotatable bonds is 4. The van der Waals surface area contributed by atoms with E-state index in [0.29, 0.717) is 6.61 Å². The van der Waals surface area contributed by atoms with Gasteiger partial charge in [-0.15, -0.1) is 0 Å². The quantitative estimate of drug-likeness (QED) is 0.760. The van der Waals surface area contributed by atoms with Gasteiger partial charge in [-0.1, -0.05) is 30.3 Å². The third kappa shape index (κ3) is 3.87. The van der Waals surface area contributed by atoms with Crippen LogP contribution in [0.5, 0.6) is 0 Å². The zero-order valence-corrected chi connectivity index (χ0v) is 16.7. The lowest BCUT2D eigenvalue weighted by atomic mass is 9.96. The first-order valence-corrected chi connectivity index (χ1v) is 10.2. The zero-order valence-electron chi connectivity index (χ0n) is 16.7. The molecule has 0 radical (unpaired) electrons. The second-order valence-electron chi connectivity index (χ2n) is 7.66. The van der Waals surface area contributed by atoms with Gasteiger partial charge in [0.15, 0.2) is 5.82 Å². The monoisotopic (exact) mass is 380 g/mol. The van der Waals surface area contributed by atoms with Gasteiger partial charge >= 0.3 is 5.97 Å². The molecule has 1 aromatic heterocycles. The van der Waals surface area contributed by atoms with Crippen molar-refractivity contribution in [3.8, 4) is 11.4 Å². The van der Waals surface area contributed by atoms with Crippen molar-refractivity contribution in [3.63, 3.8) is 0 Å². The first kappa shape index (κ1) is 18.9. The van der Waals surface area contributed by atoms with Crippen LogP contribution in [0, 0.1) is 5.92 Å². The van der Waals surface area contributed by atoms with Gasteiger partial charge < -0.3 is 14.5 Å². The van der Waals surface area contributed by atoms with Crippen LogP contribution in [-0.2, 0) is 22.5 Å². The van der Waals surface area contributed by atoms with Crippen LogP contribution in [0.15, 0.2) is 30.3 Å². The van der Waals surface area contributed by atoms with Crippen LogP contribution < -0.4 is 4.90 Å². The maximum atomic E-state index is 12.1. The van der Waals surface area contributed by atoms with Gasteiger partial charge in [0.2, 0.25) is 0 Å². The fraction of sp³-hybridized carbons (Fsp3) is 0.500. The van der Waals surface area contributed by atoms with Crippen molar-refractivity contribution in [2.24, 2.45) is 5.92 Å². The SMILES string of the molecule is CCOC(=O)C1CCN(c2nc(-c3ccccc3)nc3c2CN(C)CC3)CC1. The number of hydrogen-bond donors (Lipinski definition) is 0. The highest BCUT2D eigenvalue weighted by atomic mass is 16.5. The Balaban J connectivity index is 1.63. The van der Waals surface area contributed by atoms with Crippen LogP contribution in [-0.4, -0.2) is 54.1 Å². The molecule has 4 rings (SSSR count). The van der Waals surface area contributed by atoms with Gasteiger partial charge in [0.1, 0.15) is 5.82 Å². The maximum absolute atomic E-state index is 12.1. The molecule has 0 spiro atoms. The van der Waals surface area contributed by atoms with Crippen LogP contribution in [0.4, 0.5) is 5.82 Å². The molecule has 0 aliphatic carbocycles. The minimum atomic E-state index is -0.0587. The number of piperidine rings is 1. The lowest BCUT2D eigenvalue weighted by Crippen LogP contribution is -2.39. The minimum Gasteiger partial charge on any atom is -0.466 e. The molecule has 1 aromatic carbocycles. The summed E-state index contributed by atoms with van der Waals surface area (Å²) in [5, 5.41) is 0. The Bertz CT molecular complexity index is 832.